The average molecular weight is 192 g/mol. The van der Waals surface area contributed by atoms with Gasteiger partial charge in [-0.05, 0) is 18.4 Å². The molecule has 1 aromatic rings. The Bertz CT molecular complexity index is 321. The molecule has 14 heavy (non-hydrogen) atoms. The first-order valence-electron chi connectivity index (χ1n) is 4.70. The highest BCUT2D eigenvalue weighted by molar-refractivity contribution is 5.72. The maximum atomic E-state index is 10.7. The number of aliphatic carboxylic acids is 1. The molecule has 0 bridgehead atoms. The zero-order valence-corrected chi connectivity index (χ0v) is 7.72. The van der Waals surface area contributed by atoms with E-state index in [9.17, 15) is 4.79 Å². The van der Waals surface area contributed by atoms with E-state index in [1.54, 1.807) is 0 Å². The van der Waals surface area contributed by atoms with Crippen molar-refractivity contribution in [1.82, 2.24) is 0 Å². The smallest absolute Gasteiger partial charge is 0.332 e. The molecule has 3 heteroatoms. The molecule has 1 aliphatic rings. The van der Waals surface area contributed by atoms with E-state index in [-0.39, 0.29) is 6.10 Å². The van der Waals surface area contributed by atoms with Crippen LogP contribution in [0.5, 0.6) is 0 Å². The summed E-state index contributed by atoms with van der Waals surface area (Å²) in [6, 6.07) is 9.75. The molecule has 1 saturated heterocycles. The third-order valence-electron chi connectivity index (χ3n) is 2.47. The Morgan fingerprint density at radius 1 is 1.29 bits per heavy atom. The number of benzene rings is 1. The number of hydrogen-bond acceptors (Lipinski definition) is 2. The Morgan fingerprint density at radius 2 is 2.00 bits per heavy atom. The van der Waals surface area contributed by atoms with Crippen molar-refractivity contribution >= 4 is 5.97 Å². The van der Waals surface area contributed by atoms with Crippen LogP contribution in [-0.2, 0) is 9.53 Å². The van der Waals surface area contributed by atoms with Crippen molar-refractivity contribution in [2.75, 3.05) is 0 Å². The molecule has 2 unspecified atom stereocenters. The largest absolute Gasteiger partial charge is 0.479 e. The summed E-state index contributed by atoms with van der Waals surface area (Å²) in [7, 11) is 0. The summed E-state index contributed by atoms with van der Waals surface area (Å²) in [6.45, 7) is 0. The molecular formula is C11H12O3. The zero-order valence-electron chi connectivity index (χ0n) is 7.72. The maximum Gasteiger partial charge on any atom is 0.332 e. The second-order valence-corrected chi connectivity index (χ2v) is 3.44. The molecule has 2 rings (SSSR count). The fourth-order valence-electron chi connectivity index (χ4n) is 1.73. The molecule has 0 spiro atoms. The van der Waals surface area contributed by atoms with Crippen LogP contribution in [0.2, 0.25) is 0 Å². The van der Waals surface area contributed by atoms with Crippen molar-refractivity contribution in [3.8, 4) is 0 Å². The normalized spacial score (nSPS) is 26.3. The number of carboxylic acid groups (broad SMARTS) is 1. The Hall–Kier alpha value is -1.35. The average Bonchev–Trinajstić information content (AvgIpc) is 2.68. The minimum atomic E-state index is -0.858. The van der Waals surface area contributed by atoms with Crippen molar-refractivity contribution in [3.63, 3.8) is 0 Å². The highest BCUT2D eigenvalue weighted by Gasteiger charge is 2.30. The van der Waals surface area contributed by atoms with Crippen molar-refractivity contribution in [2.24, 2.45) is 0 Å². The van der Waals surface area contributed by atoms with Crippen molar-refractivity contribution < 1.29 is 14.6 Å². The van der Waals surface area contributed by atoms with E-state index in [4.69, 9.17) is 9.84 Å². The lowest BCUT2D eigenvalue weighted by molar-refractivity contribution is -0.149. The highest BCUT2D eigenvalue weighted by Crippen LogP contribution is 2.32. The van der Waals surface area contributed by atoms with E-state index in [0.29, 0.717) is 6.42 Å². The van der Waals surface area contributed by atoms with Gasteiger partial charge in [-0.25, -0.2) is 4.79 Å². The van der Waals surface area contributed by atoms with E-state index in [2.05, 4.69) is 0 Å². The molecule has 0 radical (unpaired) electrons. The molecule has 1 fully saturated rings. The second kappa shape index (κ2) is 3.80. The summed E-state index contributed by atoms with van der Waals surface area (Å²) in [6.07, 6.45) is 0.730. The quantitative estimate of drug-likeness (QED) is 0.779. The summed E-state index contributed by atoms with van der Waals surface area (Å²) in [5.41, 5.74) is 1.07. The van der Waals surface area contributed by atoms with Gasteiger partial charge in [0.15, 0.2) is 6.10 Å². The molecular weight excluding hydrogens is 180 g/mol. The van der Waals surface area contributed by atoms with E-state index >= 15 is 0 Å². The van der Waals surface area contributed by atoms with Crippen LogP contribution in [0.3, 0.4) is 0 Å². The lowest BCUT2D eigenvalue weighted by atomic mass is 10.1. The molecule has 1 aromatic carbocycles. The van der Waals surface area contributed by atoms with E-state index in [1.807, 2.05) is 30.3 Å². The first-order valence-corrected chi connectivity index (χ1v) is 4.70. The van der Waals surface area contributed by atoms with Crippen LogP contribution in [0.4, 0.5) is 0 Å². The molecule has 2 atom stereocenters. The molecule has 1 heterocycles. The van der Waals surface area contributed by atoms with Gasteiger partial charge in [-0.2, -0.15) is 0 Å². The van der Waals surface area contributed by atoms with Gasteiger partial charge in [0.2, 0.25) is 0 Å². The maximum absolute atomic E-state index is 10.7. The molecule has 0 saturated carbocycles. The summed E-state index contributed by atoms with van der Waals surface area (Å²) in [5.74, 6) is -0.858. The SMILES string of the molecule is O=C(O)C1CCC(c2ccccc2)O1. The topological polar surface area (TPSA) is 46.5 Å². The van der Waals surface area contributed by atoms with Gasteiger partial charge in [0.1, 0.15) is 0 Å². The summed E-state index contributed by atoms with van der Waals surface area (Å²) in [4.78, 5) is 10.7. The third-order valence-corrected chi connectivity index (χ3v) is 2.47. The van der Waals surface area contributed by atoms with Crippen LogP contribution in [0.15, 0.2) is 30.3 Å². The van der Waals surface area contributed by atoms with Gasteiger partial charge in [0.25, 0.3) is 0 Å². The highest BCUT2D eigenvalue weighted by atomic mass is 16.5. The number of hydrogen-bond donors (Lipinski definition) is 1. The molecule has 3 nitrogen and oxygen atoms in total. The van der Waals surface area contributed by atoms with Crippen LogP contribution in [0, 0.1) is 0 Å². The van der Waals surface area contributed by atoms with Crippen LogP contribution >= 0.6 is 0 Å². The van der Waals surface area contributed by atoms with Crippen molar-refractivity contribution in [1.29, 1.82) is 0 Å². The van der Waals surface area contributed by atoms with Gasteiger partial charge in [-0.3, -0.25) is 0 Å². The fraction of sp³-hybridized carbons (Fsp3) is 0.364. The minimum absolute atomic E-state index is 0.0442. The van der Waals surface area contributed by atoms with Crippen LogP contribution < -0.4 is 0 Å². The predicted octanol–water partition coefficient (Wildman–Crippen LogP) is 1.99. The van der Waals surface area contributed by atoms with Crippen molar-refractivity contribution in [3.05, 3.63) is 35.9 Å². The number of rotatable bonds is 2. The molecule has 1 aliphatic heterocycles. The van der Waals surface area contributed by atoms with Gasteiger partial charge in [-0.15, -0.1) is 0 Å². The predicted molar refractivity (Wildman–Crippen MR) is 50.9 cm³/mol. The van der Waals surface area contributed by atoms with Gasteiger partial charge < -0.3 is 9.84 Å². The lowest BCUT2D eigenvalue weighted by Gasteiger charge is -2.10. The molecule has 74 valence electrons. The lowest BCUT2D eigenvalue weighted by Crippen LogP contribution is -2.18. The third kappa shape index (κ3) is 1.77. The zero-order chi connectivity index (χ0) is 9.97. The Morgan fingerprint density at radius 3 is 2.57 bits per heavy atom. The fourth-order valence-corrected chi connectivity index (χ4v) is 1.73. The Balaban J connectivity index is 2.06. The van der Waals surface area contributed by atoms with Crippen LogP contribution in [-0.4, -0.2) is 17.2 Å². The number of ether oxygens (including phenoxy) is 1. The number of carbonyl (C=O) groups is 1. The van der Waals surface area contributed by atoms with E-state index in [0.717, 1.165) is 12.0 Å². The number of carboxylic acids is 1. The summed E-state index contributed by atoms with van der Waals surface area (Å²) < 4.78 is 5.41. The van der Waals surface area contributed by atoms with Gasteiger partial charge in [0.05, 0.1) is 6.10 Å². The molecule has 0 aliphatic carbocycles. The molecule has 1 N–H and O–H groups in total. The first-order chi connectivity index (χ1) is 6.77. The van der Waals surface area contributed by atoms with Crippen LogP contribution in [0.1, 0.15) is 24.5 Å². The summed E-state index contributed by atoms with van der Waals surface area (Å²) in [5, 5.41) is 8.75. The summed E-state index contributed by atoms with van der Waals surface area (Å²) >= 11 is 0. The van der Waals surface area contributed by atoms with Crippen molar-refractivity contribution in [2.45, 2.75) is 25.0 Å². The van der Waals surface area contributed by atoms with Crippen LogP contribution in [0.25, 0.3) is 0 Å². The molecule has 0 aromatic heterocycles. The second-order valence-electron chi connectivity index (χ2n) is 3.44. The molecule has 0 amide bonds. The van der Waals surface area contributed by atoms with Gasteiger partial charge in [-0.1, -0.05) is 30.3 Å². The Kier molecular flexibility index (Phi) is 2.50. The monoisotopic (exact) mass is 192 g/mol. The first kappa shape index (κ1) is 9.21. The standard InChI is InChI=1S/C11H12O3/c12-11(13)10-7-6-9(14-10)8-4-2-1-3-5-8/h1-5,9-10H,6-7H2,(H,12,13). The van der Waals surface area contributed by atoms with E-state index in [1.165, 1.54) is 0 Å². The van der Waals surface area contributed by atoms with E-state index < -0.39 is 12.1 Å². The van der Waals surface area contributed by atoms with Gasteiger partial charge >= 0.3 is 5.97 Å². The Labute approximate surface area is 82.3 Å². The minimum Gasteiger partial charge on any atom is -0.479 e. The van der Waals surface area contributed by atoms with Gasteiger partial charge in [0, 0.05) is 0 Å².